The predicted molar refractivity (Wildman–Crippen MR) is 116 cm³/mol. The molecule has 0 aliphatic heterocycles. The number of rotatable bonds is 5. The van der Waals surface area contributed by atoms with Crippen LogP contribution >= 0.6 is 0 Å². The summed E-state index contributed by atoms with van der Waals surface area (Å²) in [6.07, 6.45) is 1.37. The molecule has 1 unspecified atom stereocenters. The summed E-state index contributed by atoms with van der Waals surface area (Å²) < 4.78 is 1.67. The summed E-state index contributed by atoms with van der Waals surface area (Å²) in [6, 6.07) is 13.0. The van der Waals surface area contributed by atoms with Gasteiger partial charge in [-0.2, -0.15) is 0 Å². The van der Waals surface area contributed by atoms with E-state index in [9.17, 15) is 9.59 Å². The Balaban J connectivity index is 2.14. The normalized spacial score (nSPS) is 12.2. The van der Waals surface area contributed by atoms with Crippen LogP contribution in [0.3, 0.4) is 0 Å². The van der Waals surface area contributed by atoms with Gasteiger partial charge in [0.25, 0.3) is 5.56 Å². The zero-order valence-electron chi connectivity index (χ0n) is 17.3. The highest BCUT2D eigenvalue weighted by molar-refractivity contribution is 5.96. The van der Waals surface area contributed by atoms with Gasteiger partial charge in [-0.25, -0.2) is 0 Å². The van der Waals surface area contributed by atoms with Crippen LogP contribution in [-0.4, -0.2) is 10.5 Å². The predicted octanol–water partition coefficient (Wildman–Crippen LogP) is 5.08. The molecular weight excluding hydrogens is 348 g/mol. The van der Waals surface area contributed by atoms with Crippen molar-refractivity contribution in [1.29, 1.82) is 0 Å². The van der Waals surface area contributed by atoms with Gasteiger partial charge in [0.05, 0.1) is 5.52 Å². The molecule has 0 aliphatic carbocycles. The van der Waals surface area contributed by atoms with Crippen LogP contribution in [0.5, 0.6) is 0 Å². The topological polar surface area (TPSA) is 51.1 Å². The van der Waals surface area contributed by atoms with Crippen LogP contribution in [0.15, 0.2) is 47.3 Å². The fourth-order valence-corrected chi connectivity index (χ4v) is 3.98. The highest BCUT2D eigenvalue weighted by atomic mass is 16.2. The van der Waals surface area contributed by atoms with E-state index in [1.165, 1.54) is 0 Å². The van der Waals surface area contributed by atoms with E-state index < -0.39 is 6.04 Å². The standard InChI is InChI=1S/C24H28N2O2/c1-6-18-10-8-9-11-20(18)25-24(28)21(7-2)26-22(27)14-16(4)19-13-15(3)12-17(5)23(19)26/h8-14,21H,6-7H2,1-5H3,(H,25,28). The lowest BCUT2D eigenvalue weighted by Gasteiger charge is -2.23. The van der Waals surface area contributed by atoms with Crippen molar-refractivity contribution in [2.24, 2.45) is 0 Å². The van der Waals surface area contributed by atoms with Gasteiger partial charge < -0.3 is 5.32 Å². The number of pyridine rings is 1. The van der Waals surface area contributed by atoms with Crippen molar-refractivity contribution in [3.8, 4) is 0 Å². The zero-order valence-corrected chi connectivity index (χ0v) is 17.3. The van der Waals surface area contributed by atoms with Crippen molar-refractivity contribution >= 4 is 22.5 Å². The quantitative estimate of drug-likeness (QED) is 0.675. The van der Waals surface area contributed by atoms with Crippen molar-refractivity contribution in [3.63, 3.8) is 0 Å². The van der Waals surface area contributed by atoms with E-state index in [2.05, 4.69) is 24.4 Å². The number of aryl methyl sites for hydroxylation is 4. The van der Waals surface area contributed by atoms with Crippen molar-refractivity contribution < 1.29 is 4.79 Å². The molecule has 28 heavy (non-hydrogen) atoms. The minimum Gasteiger partial charge on any atom is -0.324 e. The van der Waals surface area contributed by atoms with Gasteiger partial charge in [-0.05, 0) is 62.4 Å². The van der Waals surface area contributed by atoms with Crippen molar-refractivity contribution in [2.75, 3.05) is 5.32 Å². The van der Waals surface area contributed by atoms with Gasteiger partial charge in [-0.3, -0.25) is 14.2 Å². The first-order valence-electron chi connectivity index (χ1n) is 9.89. The number of nitrogens with zero attached hydrogens (tertiary/aromatic N) is 1. The van der Waals surface area contributed by atoms with Crippen LogP contribution in [0.2, 0.25) is 0 Å². The number of carbonyl (C=O) groups is 1. The van der Waals surface area contributed by atoms with E-state index >= 15 is 0 Å². The van der Waals surface area contributed by atoms with Crippen LogP contribution in [0.1, 0.15) is 48.6 Å². The van der Waals surface area contributed by atoms with Crippen LogP contribution < -0.4 is 10.9 Å². The summed E-state index contributed by atoms with van der Waals surface area (Å²) in [5, 5.41) is 4.07. The number of para-hydroxylation sites is 1. The molecule has 0 aliphatic rings. The number of carbonyl (C=O) groups excluding carboxylic acids is 1. The molecule has 1 amide bonds. The Morgan fingerprint density at radius 2 is 1.75 bits per heavy atom. The Bertz CT molecular complexity index is 1100. The van der Waals surface area contributed by atoms with Gasteiger partial charge >= 0.3 is 0 Å². The monoisotopic (exact) mass is 376 g/mol. The van der Waals surface area contributed by atoms with E-state index in [-0.39, 0.29) is 11.5 Å². The summed E-state index contributed by atoms with van der Waals surface area (Å²) in [6.45, 7) is 10.0. The van der Waals surface area contributed by atoms with Crippen LogP contribution in [0.25, 0.3) is 10.9 Å². The van der Waals surface area contributed by atoms with E-state index in [1.54, 1.807) is 10.6 Å². The lowest BCUT2D eigenvalue weighted by Crippen LogP contribution is -2.33. The van der Waals surface area contributed by atoms with E-state index in [0.29, 0.717) is 6.42 Å². The maximum Gasteiger partial charge on any atom is 0.252 e. The summed E-state index contributed by atoms with van der Waals surface area (Å²) in [5.41, 5.74) is 5.70. The average molecular weight is 377 g/mol. The SMILES string of the molecule is CCc1ccccc1NC(=O)C(CC)n1c(=O)cc(C)c2cc(C)cc(C)c21. The second-order valence-electron chi connectivity index (χ2n) is 7.44. The smallest absolute Gasteiger partial charge is 0.252 e. The number of hydrogen-bond donors (Lipinski definition) is 1. The Kier molecular flexibility index (Phi) is 5.68. The maximum atomic E-state index is 13.2. The summed E-state index contributed by atoms with van der Waals surface area (Å²) in [4.78, 5) is 26.2. The van der Waals surface area contributed by atoms with Crippen molar-refractivity contribution in [1.82, 2.24) is 4.57 Å². The highest BCUT2D eigenvalue weighted by Crippen LogP contribution is 2.27. The first kappa shape index (κ1) is 19.9. The summed E-state index contributed by atoms with van der Waals surface area (Å²) >= 11 is 0. The molecule has 0 fully saturated rings. The first-order valence-corrected chi connectivity index (χ1v) is 9.89. The fourth-order valence-electron chi connectivity index (χ4n) is 3.98. The largest absolute Gasteiger partial charge is 0.324 e. The number of amides is 1. The van der Waals surface area contributed by atoms with Gasteiger partial charge in [-0.1, -0.05) is 43.7 Å². The minimum atomic E-state index is -0.568. The van der Waals surface area contributed by atoms with E-state index in [0.717, 1.165) is 45.3 Å². The molecule has 4 nitrogen and oxygen atoms in total. The minimum absolute atomic E-state index is 0.136. The molecule has 146 valence electrons. The Morgan fingerprint density at radius 1 is 1.04 bits per heavy atom. The molecule has 3 rings (SSSR count). The maximum absolute atomic E-state index is 13.2. The third-order valence-electron chi connectivity index (χ3n) is 5.35. The molecule has 0 bridgehead atoms. The number of anilines is 1. The number of benzene rings is 2. The lowest BCUT2D eigenvalue weighted by atomic mass is 10.0. The van der Waals surface area contributed by atoms with E-state index in [4.69, 9.17) is 0 Å². The number of nitrogens with one attached hydrogen (secondary N) is 1. The van der Waals surface area contributed by atoms with Gasteiger partial charge in [0.1, 0.15) is 6.04 Å². The second kappa shape index (κ2) is 8.01. The first-order chi connectivity index (χ1) is 13.4. The van der Waals surface area contributed by atoms with Gasteiger partial charge in [0.15, 0.2) is 0 Å². The summed E-state index contributed by atoms with van der Waals surface area (Å²) in [7, 11) is 0. The van der Waals surface area contributed by atoms with Gasteiger partial charge in [0.2, 0.25) is 5.91 Å². The third-order valence-corrected chi connectivity index (χ3v) is 5.35. The molecule has 0 spiro atoms. The summed E-state index contributed by atoms with van der Waals surface area (Å²) in [5.74, 6) is -0.157. The third kappa shape index (κ3) is 3.59. The second-order valence-corrected chi connectivity index (χ2v) is 7.44. The van der Waals surface area contributed by atoms with Gasteiger partial charge in [0, 0.05) is 17.1 Å². The molecule has 1 N–H and O–H groups in total. The molecule has 0 radical (unpaired) electrons. The number of aromatic nitrogens is 1. The Morgan fingerprint density at radius 3 is 2.43 bits per heavy atom. The molecule has 0 saturated carbocycles. The van der Waals surface area contributed by atoms with Crippen molar-refractivity contribution in [2.45, 2.75) is 53.5 Å². The zero-order chi connectivity index (χ0) is 20.4. The van der Waals surface area contributed by atoms with Crippen LogP contribution in [0.4, 0.5) is 5.69 Å². The molecule has 4 heteroatoms. The van der Waals surface area contributed by atoms with Gasteiger partial charge in [-0.15, -0.1) is 0 Å². The fraction of sp³-hybridized carbons (Fsp3) is 0.333. The number of hydrogen-bond acceptors (Lipinski definition) is 2. The van der Waals surface area contributed by atoms with Crippen molar-refractivity contribution in [3.05, 3.63) is 75.1 Å². The molecule has 1 heterocycles. The molecular formula is C24H28N2O2. The Labute approximate surface area is 166 Å². The molecule has 3 aromatic rings. The molecule has 1 atom stereocenters. The average Bonchev–Trinajstić information content (AvgIpc) is 2.65. The number of fused-ring (bicyclic) bond motifs is 1. The lowest BCUT2D eigenvalue weighted by molar-refractivity contribution is -0.119. The molecule has 0 saturated heterocycles. The van der Waals surface area contributed by atoms with E-state index in [1.807, 2.05) is 52.0 Å². The highest BCUT2D eigenvalue weighted by Gasteiger charge is 2.23. The Hall–Kier alpha value is -2.88. The van der Waals surface area contributed by atoms with Crippen LogP contribution in [0, 0.1) is 20.8 Å². The molecule has 1 aromatic heterocycles. The van der Waals surface area contributed by atoms with Crippen LogP contribution in [-0.2, 0) is 11.2 Å². The molecule has 2 aromatic carbocycles.